The molecule has 102 valence electrons. The van der Waals surface area contributed by atoms with Crippen LogP contribution in [-0.4, -0.2) is 14.5 Å². The molecule has 0 amide bonds. The second-order valence-corrected chi connectivity index (χ2v) is 6.43. The van der Waals surface area contributed by atoms with Crippen LogP contribution in [0.25, 0.3) is 16.9 Å². The van der Waals surface area contributed by atoms with E-state index in [4.69, 9.17) is 35.4 Å². The Kier molecular flexibility index (Phi) is 3.62. The number of imidazole rings is 1. The van der Waals surface area contributed by atoms with Crippen molar-refractivity contribution in [3.05, 3.63) is 49.2 Å². The molecule has 3 nitrogen and oxygen atoms in total. The van der Waals surface area contributed by atoms with Crippen molar-refractivity contribution < 1.29 is 0 Å². The molecule has 1 N–H and O–H groups in total. The molecule has 0 aliphatic rings. The largest absolute Gasteiger partial charge is 0.329 e. The zero-order valence-electron chi connectivity index (χ0n) is 10.2. The van der Waals surface area contributed by atoms with Crippen molar-refractivity contribution in [2.75, 3.05) is 0 Å². The molecular weight excluding hydrogens is 381 g/mol. The first-order chi connectivity index (χ1) is 9.47. The zero-order valence-corrected chi connectivity index (χ0v) is 14.2. The zero-order chi connectivity index (χ0) is 14.4. The number of fused-ring (bicyclic) bond motifs is 1. The maximum absolute atomic E-state index is 6.21. The van der Waals surface area contributed by atoms with E-state index in [9.17, 15) is 0 Å². The van der Waals surface area contributed by atoms with Gasteiger partial charge in [-0.15, -0.1) is 0 Å². The Hall–Kier alpha value is -0.880. The number of hydrogen-bond acceptors (Lipinski definition) is 2. The van der Waals surface area contributed by atoms with E-state index in [0.29, 0.717) is 20.5 Å². The number of aromatic nitrogens is 3. The molecule has 0 aliphatic heterocycles. The highest BCUT2D eigenvalue weighted by atomic mass is 79.9. The smallest absolute Gasteiger partial charge is 0.184 e. The fraction of sp³-hybridized carbons (Fsp3) is 0.0769. The van der Waals surface area contributed by atoms with Crippen molar-refractivity contribution in [3.63, 3.8) is 0 Å². The predicted octanol–water partition coefficient (Wildman–Crippen LogP) is 5.46. The summed E-state index contributed by atoms with van der Waals surface area (Å²) in [5.74, 6) is 0. The van der Waals surface area contributed by atoms with Crippen LogP contribution in [0.2, 0.25) is 10.0 Å². The summed E-state index contributed by atoms with van der Waals surface area (Å²) in [4.78, 5) is 7.43. The lowest BCUT2D eigenvalue weighted by molar-refractivity contribution is 1.03. The van der Waals surface area contributed by atoms with E-state index < -0.39 is 0 Å². The van der Waals surface area contributed by atoms with Crippen LogP contribution in [0.1, 0.15) is 5.56 Å². The average Bonchev–Trinajstić information content (AvgIpc) is 2.69. The Morgan fingerprint density at radius 2 is 2.05 bits per heavy atom. The van der Waals surface area contributed by atoms with Gasteiger partial charge in [0, 0.05) is 15.7 Å². The molecule has 0 spiro atoms. The molecule has 0 atom stereocenters. The van der Waals surface area contributed by atoms with E-state index >= 15 is 0 Å². The van der Waals surface area contributed by atoms with E-state index in [1.54, 1.807) is 12.3 Å². The molecule has 7 heteroatoms. The molecule has 0 radical (unpaired) electrons. The van der Waals surface area contributed by atoms with Crippen LogP contribution in [0.5, 0.6) is 0 Å². The van der Waals surface area contributed by atoms with Crippen molar-refractivity contribution in [2.45, 2.75) is 6.92 Å². The van der Waals surface area contributed by atoms with Gasteiger partial charge in [0.1, 0.15) is 0 Å². The quantitative estimate of drug-likeness (QED) is 0.561. The lowest BCUT2D eigenvalue weighted by atomic mass is 10.2. The standard InChI is InChI=1S/C13H8BrCl2N3S/c1-6-2-8(14)11(4-9(6)16)19-12-10(18-13(19)20)3-7(15)5-17-12/h2-5H,1H3,(H,18,20). The summed E-state index contributed by atoms with van der Waals surface area (Å²) in [5, 5.41) is 1.23. The Bertz CT molecular complexity index is 885. The second-order valence-electron chi connectivity index (χ2n) is 4.34. The second kappa shape index (κ2) is 5.15. The van der Waals surface area contributed by atoms with Gasteiger partial charge in [0.05, 0.1) is 16.2 Å². The SMILES string of the molecule is Cc1cc(Br)c(-n2c(=S)[nH]c3cc(Cl)cnc32)cc1Cl. The number of aromatic amines is 1. The van der Waals surface area contributed by atoms with Crippen molar-refractivity contribution in [3.8, 4) is 5.69 Å². The van der Waals surface area contributed by atoms with E-state index in [0.717, 1.165) is 21.2 Å². The summed E-state index contributed by atoms with van der Waals surface area (Å²) in [6.45, 7) is 1.95. The number of pyridine rings is 1. The van der Waals surface area contributed by atoms with Crippen LogP contribution >= 0.6 is 51.3 Å². The summed E-state index contributed by atoms with van der Waals surface area (Å²) in [6.07, 6.45) is 1.59. The minimum atomic E-state index is 0.537. The number of nitrogens with zero attached hydrogens (tertiary/aromatic N) is 2. The van der Waals surface area contributed by atoms with Crippen LogP contribution in [0.3, 0.4) is 0 Å². The topological polar surface area (TPSA) is 33.6 Å². The van der Waals surface area contributed by atoms with Gasteiger partial charge < -0.3 is 4.98 Å². The van der Waals surface area contributed by atoms with Gasteiger partial charge >= 0.3 is 0 Å². The first kappa shape index (κ1) is 14.1. The van der Waals surface area contributed by atoms with Crippen LogP contribution in [-0.2, 0) is 0 Å². The van der Waals surface area contributed by atoms with Gasteiger partial charge in [0.2, 0.25) is 0 Å². The number of halogens is 3. The van der Waals surface area contributed by atoms with E-state index in [1.165, 1.54) is 0 Å². The van der Waals surface area contributed by atoms with Gasteiger partial charge in [0.15, 0.2) is 10.4 Å². The highest BCUT2D eigenvalue weighted by molar-refractivity contribution is 9.10. The van der Waals surface area contributed by atoms with Crippen molar-refractivity contribution in [1.29, 1.82) is 0 Å². The number of aryl methyl sites for hydroxylation is 1. The molecule has 2 heterocycles. The molecule has 0 fully saturated rings. The molecule has 3 aromatic rings. The molecular formula is C13H8BrCl2N3S. The molecule has 2 aromatic heterocycles. The molecule has 0 saturated heterocycles. The molecule has 0 unspecified atom stereocenters. The van der Waals surface area contributed by atoms with Gasteiger partial charge in [-0.05, 0) is 58.8 Å². The highest BCUT2D eigenvalue weighted by Gasteiger charge is 2.12. The highest BCUT2D eigenvalue weighted by Crippen LogP contribution is 2.30. The Labute approximate surface area is 138 Å². The van der Waals surface area contributed by atoms with Gasteiger partial charge in [-0.2, -0.15) is 0 Å². The number of rotatable bonds is 1. The maximum atomic E-state index is 6.21. The van der Waals surface area contributed by atoms with Crippen LogP contribution in [0.4, 0.5) is 0 Å². The molecule has 0 saturated carbocycles. The number of nitrogens with one attached hydrogen (secondary N) is 1. The van der Waals surface area contributed by atoms with E-state index in [-0.39, 0.29) is 0 Å². The normalized spacial score (nSPS) is 11.2. The van der Waals surface area contributed by atoms with Gasteiger partial charge in [0.25, 0.3) is 0 Å². The third-order valence-corrected chi connectivity index (χ3v) is 4.49. The lowest BCUT2D eigenvalue weighted by Gasteiger charge is -2.09. The van der Waals surface area contributed by atoms with Gasteiger partial charge in [-0.1, -0.05) is 23.2 Å². The van der Waals surface area contributed by atoms with Crippen LogP contribution in [0.15, 0.2) is 28.9 Å². The summed E-state index contributed by atoms with van der Waals surface area (Å²) >= 11 is 21.1. The van der Waals surface area contributed by atoms with E-state index in [1.807, 2.05) is 23.6 Å². The van der Waals surface area contributed by atoms with E-state index in [2.05, 4.69) is 25.9 Å². The number of benzene rings is 1. The molecule has 0 bridgehead atoms. The third-order valence-electron chi connectivity index (χ3n) is 2.96. The first-order valence-electron chi connectivity index (χ1n) is 5.69. The minimum Gasteiger partial charge on any atom is -0.329 e. The average molecular weight is 389 g/mol. The van der Waals surface area contributed by atoms with Gasteiger partial charge in [-0.25, -0.2) is 4.98 Å². The Balaban J connectivity index is 2.38. The number of H-pyrrole nitrogens is 1. The van der Waals surface area contributed by atoms with Crippen molar-refractivity contribution >= 4 is 62.5 Å². The summed E-state index contributed by atoms with van der Waals surface area (Å²) < 4.78 is 3.26. The Morgan fingerprint density at radius 1 is 1.30 bits per heavy atom. The predicted molar refractivity (Wildman–Crippen MR) is 88.7 cm³/mol. The molecule has 3 rings (SSSR count). The first-order valence-corrected chi connectivity index (χ1v) is 7.65. The monoisotopic (exact) mass is 387 g/mol. The minimum absolute atomic E-state index is 0.537. The maximum Gasteiger partial charge on any atom is 0.184 e. The van der Waals surface area contributed by atoms with Gasteiger partial charge in [-0.3, -0.25) is 4.57 Å². The molecule has 1 aromatic carbocycles. The lowest BCUT2D eigenvalue weighted by Crippen LogP contribution is -1.97. The summed E-state index contributed by atoms with van der Waals surface area (Å²) in [5.41, 5.74) is 3.32. The van der Waals surface area contributed by atoms with Crippen LogP contribution in [0, 0.1) is 11.7 Å². The molecule has 0 aliphatic carbocycles. The summed E-state index contributed by atoms with van der Waals surface area (Å²) in [6, 6.07) is 5.61. The van der Waals surface area contributed by atoms with Crippen molar-refractivity contribution in [1.82, 2.24) is 14.5 Å². The van der Waals surface area contributed by atoms with Crippen LogP contribution < -0.4 is 0 Å². The summed E-state index contributed by atoms with van der Waals surface area (Å²) in [7, 11) is 0. The molecule has 20 heavy (non-hydrogen) atoms. The van der Waals surface area contributed by atoms with Crippen molar-refractivity contribution in [2.24, 2.45) is 0 Å². The number of hydrogen-bond donors (Lipinski definition) is 1. The fourth-order valence-electron chi connectivity index (χ4n) is 2.00. The third kappa shape index (κ3) is 2.29. The Morgan fingerprint density at radius 3 is 2.80 bits per heavy atom. The fourth-order valence-corrected chi connectivity index (χ4v) is 3.25.